The number of hydrogen-bond acceptors (Lipinski definition) is 6. The summed E-state index contributed by atoms with van der Waals surface area (Å²) >= 11 is 0. The molecule has 0 atom stereocenters. The molecule has 10 heteroatoms. The highest BCUT2D eigenvalue weighted by Gasteiger charge is 2.36. The third-order valence-electron chi connectivity index (χ3n) is 6.31. The summed E-state index contributed by atoms with van der Waals surface area (Å²) in [5.41, 5.74) is 2.88. The summed E-state index contributed by atoms with van der Waals surface area (Å²) in [5.74, 6) is 0.267. The number of nitrogens with zero attached hydrogens (tertiary/aromatic N) is 5. The molecule has 1 aromatic carbocycles. The molecule has 188 valence electrons. The summed E-state index contributed by atoms with van der Waals surface area (Å²) in [6.45, 7) is 10.3. The Morgan fingerprint density at radius 3 is 2.64 bits per heavy atom. The first-order valence-corrected chi connectivity index (χ1v) is 12.0. The van der Waals surface area contributed by atoms with Crippen molar-refractivity contribution in [2.45, 2.75) is 58.5 Å². The number of aromatic nitrogens is 5. The Labute approximate surface area is 207 Å². The number of alkyl halides is 2. The second kappa shape index (κ2) is 8.48. The van der Waals surface area contributed by atoms with E-state index < -0.39 is 6.05 Å². The largest absolute Gasteiger partial charge is 0.329 e. The molecule has 0 saturated heterocycles. The van der Waals surface area contributed by atoms with Crippen LogP contribution in [0.15, 0.2) is 47.5 Å². The van der Waals surface area contributed by atoms with Crippen molar-refractivity contribution in [1.29, 1.82) is 0 Å². The topological polar surface area (TPSA) is 89.7 Å². The minimum absolute atomic E-state index is 0.0224. The van der Waals surface area contributed by atoms with Gasteiger partial charge in [-0.1, -0.05) is 20.8 Å². The Hall–Kier alpha value is -3.66. The van der Waals surface area contributed by atoms with E-state index in [9.17, 15) is 13.6 Å². The number of rotatable bonds is 4. The van der Waals surface area contributed by atoms with E-state index in [2.05, 4.69) is 46.4 Å². The van der Waals surface area contributed by atoms with E-state index in [0.717, 1.165) is 11.4 Å². The molecule has 3 aromatic heterocycles. The van der Waals surface area contributed by atoms with Crippen molar-refractivity contribution in [2.24, 2.45) is 0 Å². The van der Waals surface area contributed by atoms with Gasteiger partial charge in [-0.05, 0) is 56.2 Å². The van der Waals surface area contributed by atoms with Gasteiger partial charge in [0, 0.05) is 47.3 Å². The Morgan fingerprint density at radius 1 is 1.14 bits per heavy atom. The van der Waals surface area contributed by atoms with Crippen LogP contribution in [0.3, 0.4) is 0 Å². The van der Waals surface area contributed by atoms with Gasteiger partial charge < -0.3 is 5.32 Å². The monoisotopic (exact) mass is 493 g/mol. The van der Waals surface area contributed by atoms with E-state index in [4.69, 9.17) is 0 Å². The van der Waals surface area contributed by atoms with Gasteiger partial charge in [0.2, 0.25) is 5.95 Å². The molecular weight excluding hydrogens is 464 g/mol. The Kier molecular flexibility index (Phi) is 5.66. The van der Waals surface area contributed by atoms with Crippen molar-refractivity contribution in [3.63, 3.8) is 0 Å². The minimum Gasteiger partial charge on any atom is -0.324 e. The molecular formula is C26H29F2N7O. The zero-order valence-corrected chi connectivity index (χ0v) is 20.9. The van der Waals surface area contributed by atoms with Gasteiger partial charge >= 0.3 is 6.05 Å². The highest BCUT2D eigenvalue weighted by molar-refractivity contribution is 5.77. The van der Waals surface area contributed by atoms with Crippen LogP contribution in [0.25, 0.3) is 16.7 Å². The molecule has 5 rings (SSSR count). The number of halogens is 2. The van der Waals surface area contributed by atoms with Gasteiger partial charge in [-0.3, -0.25) is 15.1 Å². The molecule has 0 bridgehead atoms. The van der Waals surface area contributed by atoms with Gasteiger partial charge in [0.05, 0.1) is 5.69 Å². The van der Waals surface area contributed by atoms with Gasteiger partial charge in [0.25, 0.3) is 5.56 Å². The summed E-state index contributed by atoms with van der Waals surface area (Å²) in [6.07, 6.45) is 3.73. The van der Waals surface area contributed by atoms with Crippen molar-refractivity contribution in [1.82, 2.24) is 29.6 Å². The molecule has 2 N–H and O–H groups in total. The van der Waals surface area contributed by atoms with E-state index in [1.807, 2.05) is 26.0 Å². The lowest BCUT2D eigenvalue weighted by molar-refractivity contribution is -0.0467. The van der Waals surface area contributed by atoms with Gasteiger partial charge in [0.15, 0.2) is 5.65 Å². The summed E-state index contributed by atoms with van der Waals surface area (Å²) < 4.78 is 31.7. The molecule has 0 fully saturated rings. The zero-order valence-electron chi connectivity index (χ0n) is 20.9. The Balaban J connectivity index is 1.61. The minimum atomic E-state index is -3.05. The fourth-order valence-electron chi connectivity index (χ4n) is 4.50. The molecule has 0 radical (unpaired) electrons. The van der Waals surface area contributed by atoms with Gasteiger partial charge in [-0.25, -0.2) is 14.3 Å². The smallest absolute Gasteiger partial charge is 0.324 e. The lowest BCUT2D eigenvalue weighted by Gasteiger charge is -2.26. The van der Waals surface area contributed by atoms with Crippen molar-refractivity contribution in [3.8, 4) is 5.69 Å². The number of nitrogens with one attached hydrogen (secondary N) is 2. The Morgan fingerprint density at radius 2 is 1.92 bits per heavy atom. The van der Waals surface area contributed by atoms with E-state index in [1.165, 1.54) is 12.3 Å². The van der Waals surface area contributed by atoms with E-state index in [1.54, 1.807) is 27.7 Å². The third kappa shape index (κ3) is 4.15. The fraction of sp³-hybridized carbons (Fsp3) is 0.385. The summed E-state index contributed by atoms with van der Waals surface area (Å²) in [7, 11) is 0. The first-order valence-electron chi connectivity index (χ1n) is 12.0. The van der Waals surface area contributed by atoms with E-state index >= 15 is 0 Å². The molecule has 36 heavy (non-hydrogen) atoms. The lowest BCUT2D eigenvalue weighted by Crippen LogP contribution is -2.40. The molecule has 4 aromatic rings. The van der Waals surface area contributed by atoms with Gasteiger partial charge in [-0.15, -0.1) is 0 Å². The van der Waals surface area contributed by atoms with Crippen molar-refractivity contribution in [2.75, 3.05) is 11.9 Å². The van der Waals surface area contributed by atoms with Crippen LogP contribution in [-0.2, 0) is 17.9 Å². The Bertz CT molecular complexity index is 1520. The van der Waals surface area contributed by atoms with Gasteiger partial charge in [0.1, 0.15) is 5.39 Å². The number of hydrogen-bond donors (Lipinski definition) is 2. The predicted octanol–water partition coefficient (Wildman–Crippen LogP) is 4.79. The SMILES string of the molecule is CC(C)n1c(=O)c2cnc(Nc3ccc4c(c3)CCNC4(F)F)nc2n1-c1ccnc(C(C)(C)C)c1. The number of benzene rings is 1. The van der Waals surface area contributed by atoms with Crippen LogP contribution in [0.2, 0.25) is 0 Å². The standard InChI is InChI=1S/C26H29F2N7O/c1-15(2)34-23(36)19-14-30-24(32-17-6-7-20-16(12-17)8-11-31-26(20,27)28)33-22(19)35(34)18-9-10-29-21(13-18)25(3,4)5/h6-7,9-10,12-15,31H,8,11H2,1-5H3,(H,30,32,33). The maximum Gasteiger partial charge on any atom is 0.329 e. The van der Waals surface area contributed by atoms with E-state index in [0.29, 0.717) is 28.7 Å². The molecule has 0 saturated carbocycles. The molecule has 1 aliphatic heterocycles. The number of anilines is 2. The first kappa shape index (κ1) is 24.1. The van der Waals surface area contributed by atoms with E-state index in [-0.39, 0.29) is 35.1 Å². The van der Waals surface area contributed by atoms with Crippen molar-refractivity contribution in [3.05, 3.63) is 69.9 Å². The molecule has 8 nitrogen and oxygen atoms in total. The number of pyridine rings is 1. The van der Waals surface area contributed by atoms with Crippen LogP contribution >= 0.6 is 0 Å². The van der Waals surface area contributed by atoms with Crippen LogP contribution in [0, 0.1) is 0 Å². The average Bonchev–Trinajstić information content (AvgIpc) is 3.10. The fourth-order valence-corrected chi connectivity index (χ4v) is 4.50. The third-order valence-corrected chi connectivity index (χ3v) is 6.31. The summed E-state index contributed by atoms with van der Waals surface area (Å²) in [5, 5.41) is 5.75. The second-order valence-corrected chi connectivity index (χ2v) is 10.4. The molecule has 0 aliphatic carbocycles. The zero-order chi connectivity index (χ0) is 25.8. The molecule has 1 aliphatic rings. The highest BCUT2D eigenvalue weighted by Crippen LogP contribution is 2.33. The van der Waals surface area contributed by atoms with Crippen LogP contribution in [0.1, 0.15) is 57.5 Å². The van der Waals surface area contributed by atoms with Crippen LogP contribution in [-0.4, -0.2) is 30.9 Å². The van der Waals surface area contributed by atoms with Crippen molar-refractivity contribution >= 4 is 22.7 Å². The summed E-state index contributed by atoms with van der Waals surface area (Å²) in [4.78, 5) is 26.8. The average molecular weight is 494 g/mol. The normalized spacial score (nSPS) is 15.3. The maximum atomic E-state index is 14.1. The van der Waals surface area contributed by atoms with Crippen LogP contribution < -0.4 is 16.2 Å². The highest BCUT2D eigenvalue weighted by atomic mass is 19.3. The molecule has 0 spiro atoms. The van der Waals surface area contributed by atoms with Crippen LogP contribution in [0.5, 0.6) is 0 Å². The summed E-state index contributed by atoms with van der Waals surface area (Å²) in [6, 6.07) is 5.32. The quantitative estimate of drug-likeness (QED) is 0.397. The lowest BCUT2D eigenvalue weighted by atomic mass is 9.91. The first-order chi connectivity index (χ1) is 17.0. The molecule has 0 amide bonds. The van der Waals surface area contributed by atoms with Gasteiger partial charge in [-0.2, -0.15) is 13.8 Å². The maximum absolute atomic E-state index is 14.1. The predicted molar refractivity (Wildman–Crippen MR) is 135 cm³/mol. The van der Waals surface area contributed by atoms with Crippen molar-refractivity contribution < 1.29 is 8.78 Å². The second-order valence-electron chi connectivity index (χ2n) is 10.4. The number of fused-ring (bicyclic) bond motifs is 2. The molecule has 0 unspecified atom stereocenters. The van der Waals surface area contributed by atoms with Crippen LogP contribution in [0.4, 0.5) is 20.4 Å². The molecule has 4 heterocycles.